The van der Waals surface area contributed by atoms with Gasteiger partial charge < -0.3 is 19.3 Å². The Morgan fingerprint density at radius 2 is 0.596 bits per heavy atom. The summed E-state index contributed by atoms with van der Waals surface area (Å²) in [7, 11) is 0. The Morgan fingerprint density at radius 3 is 0.954 bits per heavy atom. The predicted molar refractivity (Wildman–Crippen MR) is 426 cm³/mol. The Bertz CT molecular complexity index is 5620. The SMILES string of the molecule is C=Cc1ccc(Oc2ccc(C3(c4ccc(F)c(F)c4)c4ccccc4-c4ccc(N(c5ccc(F)cc5)c5ccc6c(c5)C5(CC6(C)C)CC(C)(C)c6ccc(N(c7ccc(F)cc7)c7ccc8c(c7)C(c7ccc(Oc9ccc(C=C)cc9)cc7)(c7ccc(F)c(F)c7)c7ccccc7-8)cc65)cc43)cc2)cc1. The van der Waals surface area contributed by atoms with E-state index >= 15 is 26.3 Å². The first-order valence-corrected chi connectivity index (χ1v) is 36.6. The molecule has 10 heteroatoms. The van der Waals surface area contributed by atoms with Crippen molar-refractivity contribution in [1.82, 2.24) is 0 Å². The van der Waals surface area contributed by atoms with Crippen molar-refractivity contribution in [1.29, 1.82) is 0 Å². The standard InChI is InChI=1S/C99H72F6N2O2/c1-7-61-17-39-75(40-18-61)108-77-43-21-63(22-44-77)98(65-25-51-91(102)93(104)53-65)83-15-11-9-13-79(83)81-47-35-71(55-87(81)98)106(69-31-27-67(100)28-32-69)73-37-49-85-89(57-73)97(59-95(85,3)4)60-96(5,6)86-50-38-74(58-90(86)97)107(70-33-29-68(101)30-34-70)72-36-48-82-80-14-10-12-16-84(80)99(88(82)56-72,66-26-52-92(103)94(105)54-66)64-23-45-78(46-24-64)109-76-41-19-62(8-2)20-42-76/h7-58H,1-2,59-60H2,3-6H3. The summed E-state index contributed by atoms with van der Waals surface area (Å²) in [6.07, 6.45) is 5.05. The third-order valence-corrected chi connectivity index (χ3v) is 23.2. The molecular formula is C99H72F6N2O2. The molecule has 0 fully saturated rings. The number of hydrogen-bond donors (Lipinski definition) is 0. The van der Waals surface area contributed by atoms with Gasteiger partial charge in [0.1, 0.15) is 34.6 Å². The molecule has 0 amide bonds. The van der Waals surface area contributed by atoms with E-state index in [2.05, 4.69) is 148 Å². The molecule has 0 radical (unpaired) electrons. The van der Waals surface area contributed by atoms with Gasteiger partial charge in [0.05, 0.1) is 10.8 Å². The first-order valence-electron chi connectivity index (χ1n) is 36.6. The van der Waals surface area contributed by atoms with Gasteiger partial charge in [-0.3, -0.25) is 0 Å². The van der Waals surface area contributed by atoms with Crippen LogP contribution < -0.4 is 19.3 Å². The normalized spacial score (nSPS) is 17.7. The van der Waals surface area contributed by atoms with Gasteiger partial charge in [-0.05, 0) is 294 Å². The second-order valence-corrected chi connectivity index (χ2v) is 30.4. The molecule has 4 aliphatic carbocycles. The number of halogens is 6. The van der Waals surface area contributed by atoms with E-state index in [4.69, 9.17) is 9.47 Å². The molecule has 532 valence electrons. The largest absolute Gasteiger partial charge is 0.457 e. The van der Waals surface area contributed by atoms with E-state index in [1.807, 2.05) is 121 Å². The van der Waals surface area contributed by atoms with Crippen LogP contribution in [0, 0.1) is 34.9 Å². The average Bonchev–Trinajstić information content (AvgIpc) is 1.55. The summed E-state index contributed by atoms with van der Waals surface area (Å²) in [5, 5.41) is 0. The van der Waals surface area contributed by atoms with Crippen molar-refractivity contribution in [3.05, 3.63) is 429 Å². The summed E-state index contributed by atoms with van der Waals surface area (Å²) >= 11 is 0. The molecular weight excluding hydrogens is 1360 g/mol. The number of benzene rings is 14. The summed E-state index contributed by atoms with van der Waals surface area (Å²) in [6, 6.07) is 94.6. The van der Waals surface area contributed by atoms with Gasteiger partial charge in [0, 0.05) is 39.5 Å². The van der Waals surface area contributed by atoms with Crippen LogP contribution in [0.4, 0.5) is 60.5 Å². The smallest absolute Gasteiger partial charge is 0.159 e. The van der Waals surface area contributed by atoms with Crippen LogP contribution in [0.3, 0.4) is 0 Å². The molecule has 4 aliphatic rings. The topological polar surface area (TPSA) is 24.9 Å². The maximum atomic E-state index is 16.2. The molecule has 0 heterocycles. The third-order valence-electron chi connectivity index (χ3n) is 23.2. The highest BCUT2D eigenvalue weighted by atomic mass is 19.2. The van der Waals surface area contributed by atoms with Crippen molar-refractivity contribution < 1.29 is 35.8 Å². The minimum absolute atomic E-state index is 0.349. The lowest BCUT2D eigenvalue weighted by atomic mass is 9.67. The summed E-state index contributed by atoms with van der Waals surface area (Å²) in [5.74, 6) is -2.23. The highest BCUT2D eigenvalue weighted by molar-refractivity contribution is 5.92. The van der Waals surface area contributed by atoms with Crippen molar-refractivity contribution in [2.24, 2.45) is 0 Å². The highest BCUT2D eigenvalue weighted by Crippen LogP contribution is 2.66. The Kier molecular flexibility index (Phi) is 16.1. The zero-order valence-electron chi connectivity index (χ0n) is 60.3. The van der Waals surface area contributed by atoms with Crippen LogP contribution in [-0.2, 0) is 27.1 Å². The van der Waals surface area contributed by atoms with Crippen LogP contribution in [0.2, 0.25) is 0 Å². The predicted octanol–water partition coefficient (Wildman–Crippen LogP) is 26.7. The zero-order chi connectivity index (χ0) is 74.9. The number of fused-ring (bicyclic) bond motifs is 10. The van der Waals surface area contributed by atoms with Crippen molar-refractivity contribution >= 4 is 46.3 Å². The van der Waals surface area contributed by atoms with E-state index in [-0.39, 0.29) is 10.8 Å². The van der Waals surface area contributed by atoms with E-state index < -0.39 is 51.1 Å². The lowest BCUT2D eigenvalue weighted by molar-refractivity contribution is 0.349. The molecule has 0 aliphatic heterocycles. The lowest BCUT2D eigenvalue weighted by Crippen LogP contribution is -2.29. The van der Waals surface area contributed by atoms with Gasteiger partial charge in [-0.1, -0.05) is 186 Å². The molecule has 0 saturated carbocycles. The van der Waals surface area contributed by atoms with E-state index in [1.165, 1.54) is 59.7 Å². The molecule has 0 saturated heterocycles. The van der Waals surface area contributed by atoms with Crippen LogP contribution >= 0.6 is 0 Å². The number of nitrogens with zero attached hydrogens (tertiary/aromatic N) is 2. The van der Waals surface area contributed by atoms with Crippen LogP contribution in [0.1, 0.15) is 118 Å². The summed E-state index contributed by atoms with van der Waals surface area (Å²) in [5.41, 5.74) is 17.2. The molecule has 14 aromatic rings. The fraction of sp³-hybridized carbons (Fsp3) is 0.111. The number of ether oxygens (including phenoxy) is 2. The van der Waals surface area contributed by atoms with Gasteiger partial charge in [-0.2, -0.15) is 0 Å². The minimum Gasteiger partial charge on any atom is -0.457 e. The lowest BCUT2D eigenvalue weighted by Gasteiger charge is -2.35. The molecule has 2 unspecified atom stereocenters. The molecule has 109 heavy (non-hydrogen) atoms. The van der Waals surface area contributed by atoms with Gasteiger partial charge in [-0.25, -0.2) is 26.3 Å². The Morgan fingerprint density at radius 1 is 0.284 bits per heavy atom. The van der Waals surface area contributed by atoms with Crippen LogP contribution in [0.5, 0.6) is 23.0 Å². The van der Waals surface area contributed by atoms with Gasteiger partial charge >= 0.3 is 0 Å². The van der Waals surface area contributed by atoms with E-state index in [0.29, 0.717) is 45.5 Å². The monoisotopic (exact) mass is 1430 g/mol. The van der Waals surface area contributed by atoms with Crippen LogP contribution in [0.15, 0.2) is 316 Å². The molecule has 0 aromatic heterocycles. The first kappa shape index (κ1) is 68.2. The average molecular weight is 1440 g/mol. The molecule has 1 spiro atoms. The second-order valence-electron chi connectivity index (χ2n) is 30.4. The van der Waals surface area contributed by atoms with Crippen LogP contribution in [-0.4, -0.2) is 0 Å². The third kappa shape index (κ3) is 11.0. The molecule has 0 N–H and O–H groups in total. The van der Waals surface area contributed by atoms with Gasteiger partial charge in [0.25, 0.3) is 0 Å². The fourth-order valence-electron chi connectivity index (χ4n) is 18.7. The molecule has 0 bridgehead atoms. The van der Waals surface area contributed by atoms with Crippen molar-refractivity contribution in [3.63, 3.8) is 0 Å². The quantitative estimate of drug-likeness (QED) is 0.0900. The number of hydrogen-bond acceptors (Lipinski definition) is 4. The van der Waals surface area contributed by atoms with Gasteiger partial charge in [0.15, 0.2) is 23.3 Å². The van der Waals surface area contributed by atoms with E-state index in [1.54, 1.807) is 48.6 Å². The summed E-state index contributed by atoms with van der Waals surface area (Å²) < 4.78 is 107. The first-order chi connectivity index (χ1) is 52.8. The van der Waals surface area contributed by atoms with Crippen molar-refractivity contribution in [2.75, 3.05) is 9.80 Å². The van der Waals surface area contributed by atoms with E-state index in [9.17, 15) is 0 Å². The maximum Gasteiger partial charge on any atom is 0.159 e. The number of anilines is 6. The second kappa shape index (κ2) is 25.8. The molecule has 2 atom stereocenters. The Labute approximate surface area is 630 Å². The van der Waals surface area contributed by atoms with Crippen molar-refractivity contribution in [3.8, 4) is 45.3 Å². The molecule has 18 rings (SSSR count). The van der Waals surface area contributed by atoms with E-state index in [0.717, 1.165) is 113 Å². The molecule has 14 aromatic carbocycles. The zero-order valence-corrected chi connectivity index (χ0v) is 60.3. The number of rotatable bonds is 16. The minimum atomic E-state index is -1.20. The maximum absolute atomic E-state index is 16.2. The van der Waals surface area contributed by atoms with Gasteiger partial charge in [0.2, 0.25) is 0 Å². The summed E-state index contributed by atoms with van der Waals surface area (Å²) in [4.78, 5) is 4.33. The van der Waals surface area contributed by atoms with Crippen molar-refractivity contribution in [2.45, 2.75) is 67.6 Å². The van der Waals surface area contributed by atoms with Gasteiger partial charge in [-0.15, -0.1) is 0 Å². The summed E-state index contributed by atoms with van der Waals surface area (Å²) in [6.45, 7) is 17.0. The van der Waals surface area contributed by atoms with Crippen LogP contribution in [0.25, 0.3) is 34.4 Å². The Balaban J connectivity index is 0.791. The Hall–Kier alpha value is -12.7. The highest BCUT2D eigenvalue weighted by Gasteiger charge is 2.57. The molecule has 4 nitrogen and oxygen atoms in total. The fourth-order valence-corrected chi connectivity index (χ4v) is 18.7.